The lowest BCUT2D eigenvalue weighted by Crippen LogP contribution is -2.42. The molecule has 0 saturated carbocycles. The molecule has 0 atom stereocenters. The summed E-state index contributed by atoms with van der Waals surface area (Å²) in [6.07, 6.45) is 49.7. The number of rotatable bonds is 50. The fraction of sp³-hybridized carbons (Fsp3) is 0.900. The van der Waals surface area contributed by atoms with Crippen LogP contribution in [0.3, 0.4) is 0 Å². The molecular weight excluding hydrogens is 929 g/mol. The van der Waals surface area contributed by atoms with Crippen molar-refractivity contribution in [1.82, 2.24) is 0 Å². The molecule has 0 rings (SSSR count). The summed E-state index contributed by atoms with van der Waals surface area (Å²) >= 11 is 0. The second kappa shape index (κ2) is 58.0. The minimum Gasteiger partial charge on any atom is -0.481 e. The Labute approximate surface area is 446 Å². The Balaban J connectivity index is -0.000000440. The van der Waals surface area contributed by atoms with Crippen molar-refractivity contribution in [2.45, 2.75) is 330 Å². The maximum absolute atomic E-state index is 10.3. The van der Waals surface area contributed by atoms with Crippen LogP contribution in [0.4, 0.5) is 0 Å². The molecule has 434 valence electrons. The van der Waals surface area contributed by atoms with E-state index in [1.807, 2.05) is 0 Å². The molecule has 0 saturated heterocycles. The van der Waals surface area contributed by atoms with Gasteiger partial charge in [0.2, 0.25) is 0 Å². The van der Waals surface area contributed by atoms with E-state index in [4.69, 9.17) is 35.7 Å². The summed E-state index contributed by atoms with van der Waals surface area (Å²) in [6.45, 7) is 13.8. The highest BCUT2D eigenvalue weighted by Gasteiger charge is 2.40. The van der Waals surface area contributed by atoms with Gasteiger partial charge in [0.05, 0.1) is 12.8 Å². The van der Waals surface area contributed by atoms with E-state index in [2.05, 4.69) is 41.5 Å². The van der Waals surface area contributed by atoms with Crippen LogP contribution in [0.5, 0.6) is 0 Å². The summed E-state index contributed by atoms with van der Waals surface area (Å²) in [6, 6.07) is 0. The smallest absolute Gasteiger partial charge is 0.336 e. The van der Waals surface area contributed by atoms with Crippen LogP contribution in [0.25, 0.3) is 0 Å². The molecule has 0 aliphatic rings. The van der Waals surface area contributed by atoms with Crippen LogP contribution < -0.4 is 0 Å². The van der Waals surface area contributed by atoms with E-state index >= 15 is 0 Å². The van der Waals surface area contributed by atoms with E-state index in [0.29, 0.717) is 19.3 Å². The highest BCUT2D eigenvalue weighted by Crippen LogP contribution is 2.19. The molecule has 0 aromatic carbocycles. The monoisotopic (exact) mass is 1040 g/mol. The normalized spacial score (nSPS) is 11.1. The Morgan fingerprint density at radius 3 is 0.534 bits per heavy atom. The van der Waals surface area contributed by atoms with Gasteiger partial charge in [-0.2, -0.15) is 0 Å². The standard InChI is InChI=1S/3C18H36O2.C6H8O7/c3*1-17(2)15-13-11-9-7-5-3-4-6-8-10-12-14-16-18(19)20;7-3(8)1-6(13,5(11)12)2-4(9)10/h3*17H,3-16H2,1-2H3,(H,19,20);13H,1-2H2,(H,7,8)(H,9,10)(H,11,12). The minimum absolute atomic E-state index is 0.344. The highest BCUT2D eigenvalue weighted by molar-refractivity contribution is 5.88. The number of unbranched alkanes of at least 4 members (excludes halogenated alkanes) is 33. The van der Waals surface area contributed by atoms with Gasteiger partial charge in [0.1, 0.15) is 0 Å². The van der Waals surface area contributed by atoms with Crippen LogP contribution >= 0.6 is 0 Å². The molecule has 13 nitrogen and oxygen atoms in total. The molecule has 0 aliphatic carbocycles. The number of aliphatic carboxylic acids is 6. The topological polar surface area (TPSA) is 244 Å². The molecule has 0 amide bonds. The van der Waals surface area contributed by atoms with Crippen LogP contribution in [0.2, 0.25) is 0 Å². The van der Waals surface area contributed by atoms with Crippen molar-refractivity contribution in [3.05, 3.63) is 0 Å². The number of carboxylic acids is 6. The zero-order valence-corrected chi connectivity index (χ0v) is 47.9. The van der Waals surface area contributed by atoms with Gasteiger partial charge in [0.25, 0.3) is 0 Å². The molecule has 0 bridgehead atoms. The number of aliphatic hydroxyl groups is 1. The van der Waals surface area contributed by atoms with Gasteiger partial charge in [0, 0.05) is 19.3 Å². The van der Waals surface area contributed by atoms with E-state index in [1.54, 1.807) is 0 Å². The predicted octanol–water partition coefficient (Wildman–Crippen LogP) is 17.3. The van der Waals surface area contributed by atoms with E-state index in [-0.39, 0.29) is 0 Å². The molecule has 0 heterocycles. The fourth-order valence-electron chi connectivity index (χ4n) is 8.50. The van der Waals surface area contributed by atoms with Crippen LogP contribution in [0, 0.1) is 17.8 Å². The van der Waals surface area contributed by atoms with Gasteiger partial charge in [-0.25, -0.2) is 4.79 Å². The number of carbonyl (C=O) groups is 6. The molecule has 0 aromatic heterocycles. The summed E-state index contributed by atoms with van der Waals surface area (Å²) in [5.74, 6) is -4.38. The SMILES string of the molecule is CC(C)CCCCCCCCCCCCCCC(=O)O.CC(C)CCCCCCCCCCCCCCC(=O)O.CC(C)CCCCCCCCCCCCCCC(=O)O.O=C(O)CC(O)(CC(=O)O)C(=O)O. The van der Waals surface area contributed by atoms with Gasteiger partial charge >= 0.3 is 35.8 Å². The molecule has 0 aromatic rings. The first-order valence-electron chi connectivity index (χ1n) is 29.7. The van der Waals surface area contributed by atoms with E-state index in [1.165, 1.54) is 212 Å². The Morgan fingerprint density at radius 2 is 0.411 bits per heavy atom. The van der Waals surface area contributed by atoms with Crippen LogP contribution in [0.15, 0.2) is 0 Å². The van der Waals surface area contributed by atoms with Crippen LogP contribution in [0.1, 0.15) is 324 Å². The quantitative estimate of drug-likeness (QED) is 0.0281. The zero-order chi connectivity index (χ0) is 55.8. The van der Waals surface area contributed by atoms with Crippen molar-refractivity contribution < 1.29 is 64.5 Å². The third-order valence-corrected chi connectivity index (χ3v) is 13.1. The number of hydrogen-bond acceptors (Lipinski definition) is 7. The van der Waals surface area contributed by atoms with Crippen molar-refractivity contribution in [1.29, 1.82) is 0 Å². The van der Waals surface area contributed by atoms with E-state index in [9.17, 15) is 28.8 Å². The Hall–Kier alpha value is -3.22. The van der Waals surface area contributed by atoms with Crippen molar-refractivity contribution in [2.24, 2.45) is 17.8 Å². The summed E-state index contributed by atoms with van der Waals surface area (Å²) in [7, 11) is 0. The summed E-state index contributed by atoms with van der Waals surface area (Å²) < 4.78 is 0. The highest BCUT2D eigenvalue weighted by atomic mass is 16.4. The molecular formula is C60H116O13. The third-order valence-electron chi connectivity index (χ3n) is 13.1. The summed E-state index contributed by atoms with van der Waals surface area (Å²) in [5, 5.41) is 59.4. The largest absolute Gasteiger partial charge is 0.481 e. The van der Waals surface area contributed by atoms with Gasteiger partial charge in [-0.3, -0.25) is 24.0 Å². The Morgan fingerprint density at radius 1 is 0.260 bits per heavy atom. The zero-order valence-electron chi connectivity index (χ0n) is 47.9. The average molecular weight is 1050 g/mol. The maximum Gasteiger partial charge on any atom is 0.336 e. The number of carboxylic acid groups (broad SMARTS) is 6. The third kappa shape index (κ3) is 75.4. The van der Waals surface area contributed by atoms with Gasteiger partial charge in [-0.1, -0.05) is 273 Å². The second-order valence-corrected chi connectivity index (χ2v) is 22.2. The lowest BCUT2D eigenvalue weighted by molar-refractivity contribution is -0.170. The molecule has 0 unspecified atom stereocenters. The fourth-order valence-corrected chi connectivity index (χ4v) is 8.50. The molecule has 7 N–H and O–H groups in total. The van der Waals surface area contributed by atoms with Gasteiger partial charge < -0.3 is 35.7 Å². The summed E-state index contributed by atoms with van der Waals surface area (Å²) in [5.41, 5.74) is -2.74. The van der Waals surface area contributed by atoms with Gasteiger partial charge in [0.15, 0.2) is 5.60 Å². The van der Waals surface area contributed by atoms with E-state index < -0.39 is 54.3 Å². The van der Waals surface area contributed by atoms with Crippen LogP contribution in [-0.4, -0.2) is 77.2 Å². The van der Waals surface area contributed by atoms with Crippen molar-refractivity contribution >= 4 is 35.8 Å². The maximum atomic E-state index is 10.3. The first-order chi connectivity index (χ1) is 34.7. The van der Waals surface area contributed by atoms with Gasteiger partial charge in [-0.05, 0) is 37.0 Å². The lowest BCUT2D eigenvalue weighted by atomic mass is 9.96. The number of hydrogen-bond donors (Lipinski definition) is 7. The predicted molar refractivity (Wildman–Crippen MR) is 298 cm³/mol. The first kappa shape index (κ1) is 76.3. The lowest BCUT2D eigenvalue weighted by Gasteiger charge is -2.18. The Kier molecular flexibility index (Phi) is 60.7. The van der Waals surface area contributed by atoms with Crippen molar-refractivity contribution in [3.63, 3.8) is 0 Å². The summed E-state index contributed by atoms with van der Waals surface area (Å²) in [4.78, 5) is 61.5. The van der Waals surface area contributed by atoms with Crippen LogP contribution in [-0.2, 0) is 28.8 Å². The molecule has 73 heavy (non-hydrogen) atoms. The second-order valence-electron chi connectivity index (χ2n) is 22.2. The molecule has 0 aliphatic heterocycles. The van der Waals surface area contributed by atoms with E-state index in [0.717, 1.165) is 56.3 Å². The van der Waals surface area contributed by atoms with Crippen molar-refractivity contribution in [2.75, 3.05) is 0 Å². The molecule has 0 spiro atoms. The average Bonchev–Trinajstić information content (AvgIpc) is 3.28. The molecule has 13 heteroatoms. The van der Waals surface area contributed by atoms with Gasteiger partial charge in [-0.15, -0.1) is 0 Å². The van der Waals surface area contributed by atoms with Crippen molar-refractivity contribution in [3.8, 4) is 0 Å². The first-order valence-corrected chi connectivity index (χ1v) is 29.7. The Bertz CT molecular complexity index is 1140. The molecule has 0 fully saturated rings. The minimum atomic E-state index is -2.74. The molecule has 0 radical (unpaired) electrons.